The van der Waals surface area contributed by atoms with Gasteiger partial charge in [0, 0.05) is 12.7 Å². The molecule has 0 radical (unpaired) electrons. The standard InChI is InChI=1S/C12H13ClN2O/c1-9(12-3-2-6-16-12)14-8-11-5-4-10(13)7-15-11/h2-7,9,14H,8H2,1H3. The molecule has 1 atom stereocenters. The van der Waals surface area contributed by atoms with Crippen LogP contribution < -0.4 is 5.32 Å². The zero-order valence-electron chi connectivity index (χ0n) is 8.98. The van der Waals surface area contributed by atoms with Crippen molar-refractivity contribution in [3.05, 3.63) is 53.2 Å². The van der Waals surface area contributed by atoms with Gasteiger partial charge in [0.25, 0.3) is 0 Å². The van der Waals surface area contributed by atoms with Crippen LogP contribution in [0.2, 0.25) is 5.02 Å². The fourth-order valence-electron chi connectivity index (χ4n) is 1.41. The lowest BCUT2D eigenvalue weighted by molar-refractivity contribution is 0.429. The predicted molar refractivity (Wildman–Crippen MR) is 63.2 cm³/mol. The van der Waals surface area contributed by atoms with E-state index in [1.54, 1.807) is 12.5 Å². The van der Waals surface area contributed by atoms with Gasteiger partial charge < -0.3 is 9.73 Å². The average Bonchev–Trinajstić information content (AvgIpc) is 2.81. The molecule has 0 bridgehead atoms. The second-order valence-electron chi connectivity index (χ2n) is 3.59. The summed E-state index contributed by atoms with van der Waals surface area (Å²) in [5, 5.41) is 3.98. The molecule has 0 aliphatic rings. The van der Waals surface area contributed by atoms with Crippen molar-refractivity contribution < 1.29 is 4.42 Å². The second-order valence-corrected chi connectivity index (χ2v) is 4.02. The lowest BCUT2D eigenvalue weighted by atomic mass is 10.2. The van der Waals surface area contributed by atoms with Crippen LogP contribution in [-0.4, -0.2) is 4.98 Å². The predicted octanol–water partition coefficient (Wildman–Crippen LogP) is 3.18. The number of rotatable bonds is 4. The molecule has 0 amide bonds. The molecule has 0 saturated heterocycles. The molecule has 0 spiro atoms. The molecule has 2 heterocycles. The van der Waals surface area contributed by atoms with E-state index in [0.29, 0.717) is 11.6 Å². The summed E-state index contributed by atoms with van der Waals surface area (Å²) in [6.45, 7) is 2.74. The molecule has 84 valence electrons. The van der Waals surface area contributed by atoms with Gasteiger partial charge in [-0.15, -0.1) is 0 Å². The Bertz CT molecular complexity index is 425. The normalized spacial score (nSPS) is 12.6. The first-order chi connectivity index (χ1) is 7.75. The minimum atomic E-state index is 0.174. The van der Waals surface area contributed by atoms with E-state index in [0.717, 1.165) is 11.5 Å². The summed E-state index contributed by atoms with van der Waals surface area (Å²) >= 11 is 5.76. The van der Waals surface area contributed by atoms with Crippen molar-refractivity contribution in [1.82, 2.24) is 10.3 Å². The number of nitrogens with zero attached hydrogens (tertiary/aromatic N) is 1. The summed E-state index contributed by atoms with van der Waals surface area (Å²) in [7, 11) is 0. The molecule has 0 aliphatic carbocycles. The summed E-state index contributed by atoms with van der Waals surface area (Å²) in [5.41, 5.74) is 0.961. The lowest BCUT2D eigenvalue weighted by Crippen LogP contribution is -2.18. The van der Waals surface area contributed by atoms with E-state index in [1.807, 2.05) is 24.3 Å². The molecule has 0 saturated carbocycles. The zero-order chi connectivity index (χ0) is 11.4. The Morgan fingerprint density at radius 2 is 2.31 bits per heavy atom. The Balaban J connectivity index is 1.90. The van der Waals surface area contributed by atoms with Gasteiger partial charge in [0.15, 0.2) is 0 Å². The van der Waals surface area contributed by atoms with Gasteiger partial charge >= 0.3 is 0 Å². The molecule has 16 heavy (non-hydrogen) atoms. The van der Waals surface area contributed by atoms with Gasteiger partial charge in [-0.1, -0.05) is 11.6 Å². The number of nitrogens with one attached hydrogen (secondary N) is 1. The number of aromatic nitrogens is 1. The van der Waals surface area contributed by atoms with Gasteiger partial charge in [0.2, 0.25) is 0 Å². The van der Waals surface area contributed by atoms with Gasteiger partial charge in [0.1, 0.15) is 5.76 Å². The minimum Gasteiger partial charge on any atom is -0.468 e. The molecule has 2 aromatic rings. The first-order valence-corrected chi connectivity index (χ1v) is 5.51. The summed E-state index contributed by atoms with van der Waals surface area (Å²) in [5.74, 6) is 0.925. The minimum absolute atomic E-state index is 0.174. The largest absolute Gasteiger partial charge is 0.468 e. The molecule has 2 aromatic heterocycles. The summed E-state index contributed by atoms with van der Waals surface area (Å²) in [6, 6.07) is 7.75. The highest BCUT2D eigenvalue weighted by molar-refractivity contribution is 6.30. The smallest absolute Gasteiger partial charge is 0.120 e. The Hall–Kier alpha value is -1.32. The van der Waals surface area contributed by atoms with Crippen LogP contribution in [0.3, 0.4) is 0 Å². The van der Waals surface area contributed by atoms with Crippen molar-refractivity contribution in [1.29, 1.82) is 0 Å². The molecule has 0 aromatic carbocycles. The van der Waals surface area contributed by atoms with Crippen LogP contribution in [0.15, 0.2) is 41.1 Å². The van der Waals surface area contributed by atoms with Crippen LogP contribution in [0, 0.1) is 0 Å². The van der Waals surface area contributed by atoms with Gasteiger partial charge in [0.05, 0.1) is 23.0 Å². The first-order valence-electron chi connectivity index (χ1n) is 5.13. The van der Waals surface area contributed by atoms with E-state index in [-0.39, 0.29) is 6.04 Å². The zero-order valence-corrected chi connectivity index (χ0v) is 9.74. The number of halogens is 1. The highest BCUT2D eigenvalue weighted by atomic mass is 35.5. The SMILES string of the molecule is CC(NCc1ccc(Cl)cn1)c1ccco1. The fourth-order valence-corrected chi connectivity index (χ4v) is 1.52. The number of pyridine rings is 1. The Morgan fingerprint density at radius 1 is 1.44 bits per heavy atom. The van der Waals surface area contributed by atoms with E-state index < -0.39 is 0 Å². The Kier molecular flexibility index (Phi) is 3.59. The summed E-state index contributed by atoms with van der Waals surface area (Å²) in [4.78, 5) is 4.21. The van der Waals surface area contributed by atoms with Crippen molar-refractivity contribution in [2.24, 2.45) is 0 Å². The number of furan rings is 1. The molecular formula is C12H13ClN2O. The molecule has 0 fully saturated rings. The van der Waals surface area contributed by atoms with E-state index in [4.69, 9.17) is 16.0 Å². The molecule has 2 rings (SSSR count). The summed E-state index contributed by atoms with van der Waals surface area (Å²) in [6.07, 6.45) is 3.32. The van der Waals surface area contributed by atoms with Crippen LogP contribution in [0.1, 0.15) is 24.4 Å². The molecule has 3 nitrogen and oxygen atoms in total. The van der Waals surface area contributed by atoms with Crippen molar-refractivity contribution in [3.8, 4) is 0 Å². The number of hydrogen-bond donors (Lipinski definition) is 1. The van der Waals surface area contributed by atoms with Crippen LogP contribution >= 0.6 is 11.6 Å². The van der Waals surface area contributed by atoms with E-state index in [2.05, 4.69) is 17.2 Å². The van der Waals surface area contributed by atoms with E-state index >= 15 is 0 Å². The van der Waals surface area contributed by atoms with Crippen LogP contribution in [0.4, 0.5) is 0 Å². The van der Waals surface area contributed by atoms with Crippen molar-refractivity contribution in [2.75, 3.05) is 0 Å². The topological polar surface area (TPSA) is 38.1 Å². The molecule has 0 aliphatic heterocycles. The third-order valence-electron chi connectivity index (χ3n) is 2.35. The summed E-state index contributed by atoms with van der Waals surface area (Å²) < 4.78 is 5.30. The van der Waals surface area contributed by atoms with Crippen molar-refractivity contribution in [2.45, 2.75) is 19.5 Å². The first kappa shape index (κ1) is 11.2. The Labute approximate surface area is 99.5 Å². The molecule has 1 N–H and O–H groups in total. The van der Waals surface area contributed by atoms with Gasteiger partial charge in [-0.2, -0.15) is 0 Å². The quantitative estimate of drug-likeness (QED) is 0.886. The number of hydrogen-bond acceptors (Lipinski definition) is 3. The maximum Gasteiger partial charge on any atom is 0.120 e. The van der Waals surface area contributed by atoms with Crippen LogP contribution in [-0.2, 0) is 6.54 Å². The van der Waals surface area contributed by atoms with Crippen molar-refractivity contribution in [3.63, 3.8) is 0 Å². The molecule has 4 heteroatoms. The maximum absolute atomic E-state index is 5.76. The highest BCUT2D eigenvalue weighted by Crippen LogP contribution is 2.13. The fraction of sp³-hybridized carbons (Fsp3) is 0.250. The average molecular weight is 237 g/mol. The van der Waals surface area contributed by atoms with Crippen LogP contribution in [0.5, 0.6) is 0 Å². The van der Waals surface area contributed by atoms with Gasteiger partial charge in [-0.05, 0) is 31.2 Å². The van der Waals surface area contributed by atoms with Crippen LogP contribution in [0.25, 0.3) is 0 Å². The van der Waals surface area contributed by atoms with Gasteiger partial charge in [-0.25, -0.2) is 0 Å². The maximum atomic E-state index is 5.76. The third-order valence-corrected chi connectivity index (χ3v) is 2.57. The monoisotopic (exact) mass is 236 g/mol. The Morgan fingerprint density at radius 3 is 2.94 bits per heavy atom. The molecular weight excluding hydrogens is 224 g/mol. The van der Waals surface area contributed by atoms with Crippen molar-refractivity contribution >= 4 is 11.6 Å². The lowest BCUT2D eigenvalue weighted by Gasteiger charge is -2.10. The van der Waals surface area contributed by atoms with E-state index in [9.17, 15) is 0 Å². The van der Waals surface area contributed by atoms with E-state index in [1.165, 1.54) is 0 Å². The second kappa shape index (κ2) is 5.14. The van der Waals surface area contributed by atoms with Gasteiger partial charge in [-0.3, -0.25) is 4.98 Å². The highest BCUT2D eigenvalue weighted by Gasteiger charge is 2.07. The third kappa shape index (κ3) is 2.84. The molecule has 1 unspecified atom stereocenters.